The first kappa shape index (κ1) is 13.7. The monoisotopic (exact) mass is 326 g/mol. The number of aliphatic hydroxyl groups is 1. The molecule has 6 atom stereocenters. The van der Waals surface area contributed by atoms with E-state index >= 15 is 0 Å². The van der Waals surface area contributed by atoms with Crippen molar-refractivity contribution in [3.05, 3.63) is 23.3 Å². The fourth-order valence-corrected chi connectivity index (χ4v) is 7.28. The highest BCUT2D eigenvalue weighted by Gasteiger charge is 2.79. The highest BCUT2D eigenvalue weighted by atomic mass is 16.5. The molecule has 3 unspecified atom stereocenters. The van der Waals surface area contributed by atoms with Gasteiger partial charge in [-0.15, -0.1) is 0 Å². The van der Waals surface area contributed by atoms with Gasteiger partial charge < -0.3 is 14.6 Å². The molecular formula is C20H22O4. The van der Waals surface area contributed by atoms with E-state index in [1.54, 1.807) is 7.11 Å². The summed E-state index contributed by atoms with van der Waals surface area (Å²) in [4.78, 5) is 12.9. The number of hydrogen-bond donors (Lipinski definition) is 1. The van der Waals surface area contributed by atoms with E-state index in [4.69, 9.17) is 9.47 Å². The number of ketones is 1. The molecule has 4 nitrogen and oxygen atoms in total. The number of hydrogen-bond acceptors (Lipinski definition) is 4. The maximum atomic E-state index is 12.9. The number of aryl methyl sites for hydroxylation is 1. The van der Waals surface area contributed by atoms with E-state index in [0.717, 1.165) is 30.6 Å². The number of carbonyl (C=O) groups excluding carboxylic acids is 1. The zero-order valence-corrected chi connectivity index (χ0v) is 13.9. The van der Waals surface area contributed by atoms with Crippen LogP contribution >= 0.6 is 0 Å². The second-order valence-electron chi connectivity index (χ2n) is 8.46. The summed E-state index contributed by atoms with van der Waals surface area (Å²) < 4.78 is 11.8. The first-order chi connectivity index (χ1) is 11.6. The SMILES string of the molecule is COc1ccc2c3c1O[C@H]1C(=O)CC[C@@]4(O)[C@@H]5CC(CC2)C(C5)C314. The number of ether oxygens (including phenoxy) is 2. The van der Waals surface area contributed by atoms with Gasteiger partial charge in [0, 0.05) is 12.0 Å². The highest BCUT2D eigenvalue weighted by Crippen LogP contribution is 2.74. The summed E-state index contributed by atoms with van der Waals surface area (Å²) in [6, 6.07) is 4.10. The lowest BCUT2D eigenvalue weighted by atomic mass is 9.51. The molecule has 5 aliphatic rings. The summed E-state index contributed by atoms with van der Waals surface area (Å²) in [5, 5.41) is 11.9. The molecule has 4 heteroatoms. The van der Waals surface area contributed by atoms with Gasteiger partial charge in [-0.1, -0.05) is 6.07 Å². The molecule has 1 aliphatic heterocycles. The molecule has 24 heavy (non-hydrogen) atoms. The minimum absolute atomic E-state index is 0.164. The average Bonchev–Trinajstić information content (AvgIpc) is 3.21. The molecule has 3 fully saturated rings. The van der Waals surface area contributed by atoms with Gasteiger partial charge in [-0.2, -0.15) is 0 Å². The van der Waals surface area contributed by atoms with Gasteiger partial charge in [0.2, 0.25) is 0 Å². The van der Waals surface area contributed by atoms with Gasteiger partial charge in [0.1, 0.15) is 0 Å². The Balaban J connectivity index is 1.74. The van der Waals surface area contributed by atoms with Crippen molar-refractivity contribution >= 4 is 5.78 Å². The molecule has 6 rings (SSSR count). The maximum Gasteiger partial charge on any atom is 0.174 e. The number of methoxy groups -OCH3 is 1. The molecule has 0 radical (unpaired) electrons. The van der Waals surface area contributed by atoms with Crippen LogP contribution in [-0.4, -0.2) is 29.7 Å². The van der Waals surface area contributed by atoms with Crippen molar-refractivity contribution in [3.63, 3.8) is 0 Å². The molecule has 4 aliphatic carbocycles. The van der Waals surface area contributed by atoms with Gasteiger partial charge in [-0.25, -0.2) is 0 Å². The molecular weight excluding hydrogens is 304 g/mol. The maximum absolute atomic E-state index is 12.9. The molecule has 1 N–H and O–H groups in total. The lowest BCUT2D eigenvalue weighted by Gasteiger charge is -2.54. The van der Waals surface area contributed by atoms with Crippen LogP contribution < -0.4 is 9.47 Å². The van der Waals surface area contributed by atoms with Gasteiger partial charge in [0.05, 0.1) is 18.1 Å². The van der Waals surface area contributed by atoms with Crippen LogP contribution in [0.15, 0.2) is 12.1 Å². The van der Waals surface area contributed by atoms with E-state index in [-0.39, 0.29) is 5.78 Å². The number of Topliss-reactive ketones (excluding diaryl/α,β-unsaturated/α-hetero) is 1. The van der Waals surface area contributed by atoms with Crippen LogP contribution in [0.4, 0.5) is 0 Å². The summed E-state index contributed by atoms with van der Waals surface area (Å²) in [6.45, 7) is 0. The van der Waals surface area contributed by atoms with Crippen molar-refractivity contribution in [2.45, 2.75) is 55.6 Å². The smallest absolute Gasteiger partial charge is 0.174 e. The van der Waals surface area contributed by atoms with Crippen LogP contribution in [0.5, 0.6) is 11.5 Å². The van der Waals surface area contributed by atoms with Gasteiger partial charge in [0.25, 0.3) is 0 Å². The first-order valence-corrected chi connectivity index (χ1v) is 9.23. The zero-order valence-electron chi connectivity index (χ0n) is 13.9. The Bertz CT molecular complexity index is 786. The fourth-order valence-electron chi connectivity index (χ4n) is 7.28. The number of carbonyl (C=O) groups is 1. The first-order valence-electron chi connectivity index (χ1n) is 9.23. The molecule has 2 bridgehead atoms. The number of benzene rings is 1. The summed E-state index contributed by atoms with van der Waals surface area (Å²) in [5.74, 6) is 2.90. The molecule has 1 spiro atoms. The quantitative estimate of drug-likeness (QED) is 0.861. The van der Waals surface area contributed by atoms with E-state index in [2.05, 4.69) is 6.07 Å². The molecule has 126 valence electrons. The summed E-state index contributed by atoms with van der Waals surface area (Å²) in [7, 11) is 1.65. The predicted molar refractivity (Wildman–Crippen MR) is 86.3 cm³/mol. The van der Waals surface area contributed by atoms with E-state index in [1.807, 2.05) is 6.07 Å². The van der Waals surface area contributed by atoms with Crippen molar-refractivity contribution < 1.29 is 19.4 Å². The molecule has 0 aromatic heterocycles. The second kappa shape index (κ2) is 3.98. The van der Waals surface area contributed by atoms with Crippen molar-refractivity contribution in [2.75, 3.05) is 7.11 Å². The van der Waals surface area contributed by atoms with Crippen LogP contribution in [-0.2, 0) is 16.6 Å². The van der Waals surface area contributed by atoms with Crippen LogP contribution in [0.1, 0.15) is 43.2 Å². The normalized spacial score (nSPS) is 46.5. The summed E-state index contributed by atoms with van der Waals surface area (Å²) >= 11 is 0. The van der Waals surface area contributed by atoms with E-state index < -0.39 is 17.1 Å². The predicted octanol–water partition coefficient (Wildman–Crippen LogP) is 2.39. The van der Waals surface area contributed by atoms with E-state index in [1.165, 1.54) is 12.0 Å². The van der Waals surface area contributed by atoms with Crippen LogP contribution in [0.2, 0.25) is 0 Å². The molecule has 0 saturated heterocycles. The van der Waals surface area contributed by atoms with Crippen molar-refractivity contribution in [2.24, 2.45) is 17.8 Å². The molecule has 3 saturated carbocycles. The minimum atomic E-state index is -0.788. The Hall–Kier alpha value is -1.55. The minimum Gasteiger partial charge on any atom is -0.493 e. The van der Waals surface area contributed by atoms with Gasteiger partial charge in [-0.05, 0) is 61.5 Å². The average molecular weight is 326 g/mol. The highest BCUT2D eigenvalue weighted by molar-refractivity contribution is 5.90. The Morgan fingerprint density at radius 3 is 3.00 bits per heavy atom. The van der Waals surface area contributed by atoms with Crippen molar-refractivity contribution in [1.82, 2.24) is 0 Å². The largest absolute Gasteiger partial charge is 0.493 e. The van der Waals surface area contributed by atoms with E-state index in [0.29, 0.717) is 36.3 Å². The summed E-state index contributed by atoms with van der Waals surface area (Å²) in [6.07, 6.45) is 4.85. The number of rotatable bonds is 1. The lowest BCUT2D eigenvalue weighted by Crippen LogP contribution is -2.67. The van der Waals surface area contributed by atoms with Gasteiger partial charge >= 0.3 is 0 Å². The summed E-state index contributed by atoms with van der Waals surface area (Å²) in [5.41, 5.74) is 1.07. The van der Waals surface area contributed by atoms with E-state index in [9.17, 15) is 9.90 Å². The lowest BCUT2D eigenvalue weighted by molar-refractivity contribution is -0.164. The Labute approximate surface area is 141 Å². The Morgan fingerprint density at radius 1 is 1.29 bits per heavy atom. The zero-order chi connectivity index (χ0) is 16.3. The van der Waals surface area contributed by atoms with Crippen LogP contribution in [0.3, 0.4) is 0 Å². The van der Waals surface area contributed by atoms with Crippen LogP contribution in [0, 0.1) is 17.8 Å². The fraction of sp³-hybridized carbons (Fsp3) is 0.650. The molecule has 1 aromatic carbocycles. The third-order valence-corrected chi connectivity index (χ3v) is 7.99. The molecule has 1 heterocycles. The topological polar surface area (TPSA) is 55.8 Å². The van der Waals surface area contributed by atoms with Gasteiger partial charge in [-0.3, -0.25) is 4.79 Å². The second-order valence-corrected chi connectivity index (χ2v) is 8.46. The Morgan fingerprint density at radius 2 is 2.17 bits per heavy atom. The standard InChI is InChI=1S/C20H22O4/c1-23-15-5-4-10-2-3-11-8-12-9-13(11)20-16(10)17(15)24-18(20)14(21)6-7-19(12,20)22/h4-5,11-13,18,22H,2-3,6-9H2,1H3/t11?,12-,13?,18+,19-,20?/m1/s1. The van der Waals surface area contributed by atoms with Crippen molar-refractivity contribution in [3.8, 4) is 11.5 Å². The van der Waals surface area contributed by atoms with Gasteiger partial charge in [0.15, 0.2) is 23.4 Å². The Kier molecular flexibility index (Phi) is 2.28. The number of fused-ring (bicyclic) bond motifs is 2. The molecule has 0 amide bonds. The van der Waals surface area contributed by atoms with Crippen LogP contribution in [0.25, 0.3) is 0 Å². The molecule has 1 aromatic rings. The third-order valence-electron chi connectivity index (χ3n) is 7.99. The third kappa shape index (κ3) is 1.17. The van der Waals surface area contributed by atoms with Crippen molar-refractivity contribution in [1.29, 1.82) is 0 Å².